The summed E-state index contributed by atoms with van der Waals surface area (Å²) in [4.78, 5) is 13.4. The molecule has 22 heavy (non-hydrogen) atoms. The molecule has 5 nitrogen and oxygen atoms in total. The average Bonchev–Trinajstić information content (AvgIpc) is 2.46. The summed E-state index contributed by atoms with van der Waals surface area (Å²) in [6.07, 6.45) is 0.986. The summed E-state index contributed by atoms with van der Waals surface area (Å²) in [7, 11) is 1.10. The highest BCUT2D eigenvalue weighted by molar-refractivity contribution is 7.99. The number of carbonyl (C=O) groups excluding carboxylic acids is 1. The first-order chi connectivity index (χ1) is 10.4. The van der Waals surface area contributed by atoms with Crippen LogP contribution in [0.25, 0.3) is 0 Å². The molecule has 1 atom stereocenters. The van der Waals surface area contributed by atoms with Crippen LogP contribution in [0.5, 0.6) is 0 Å². The van der Waals surface area contributed by atoms with Crippen molar-refractivity contribution in [2.75, 3.05) is 45.4 Å². The lowest BCUT2D eigenvalue weighted by Gasteiger charge is -2.28. The predicted octanol–water partition coefficient (Wildman–Crippen LogP) is 2.88. The summed E-state index contributed by atoms with van der Waals surface area (Å²) in [5.41, 5.74) is 0. The Kier molecular flexibility index (Phi) is 12.3. The van der Waals surface area contributed by atoms with Gasteiger partial charge in [-0.25, -0.2) is 0 Å². The molecule has 0 saturated heterocycles. The van der Waals surface area contributed by atoms with Crippen LogP contribution in [-0.4, -0.2) is 65.0 Å². The number of carbonyl (C=O) groups is 1. The lowest BCUT2D eigenvalue weighted by atomic mass is 10.2. The SMILES string of the molecule is CCO[Si](CCCSCC(C)C(=O)N(C)C)(OCC)OCC. The van der Waals surface area contributed by atoms with Gasteiger partial charge in [0.2, 0.25) is 5.91 Å². The van der Waals surface area contributed by atoms with E-state index in [1.165, 1.54) is 0 Å². The van der Waals surface area contributed by atoms with Crippen LogP contribution >= 0.6 is 11.8 Å². The van der Waals surface area contributed by atoms with Gasteiger partial charge in [-0.15, -0.1) is 0 Å². The van der Waals surface area contributed by atoms with Gasteiger partial charge in [-0.2, -0.15) is 11.8 Å². The molecular weight excluding hydrogens is 318 g/mol. The zero-order valence-electron chi connectivity index (χ0n) is 15.0. The van der Waals surface area contributed by atoms with Crippen LogP contribution in [0.1, 0.15) is 34.1 Å². The highest BCUT2D eigenvalue weighted by atomic mass is 32.2. The van der Waals surface area contributed by atoms with E-state index in [0.717, 1.165) is 24.0 Å². The standard InChI is InChI=1S/C15H33NO4SSi/c1-7-18-22(19-8-2,20-9-3)12-10-11-21-13-14(4)15(17)16(5)6/h14H,7-13H2,1-6H3. The second-order valence-corrected chi connectivity index (χ2v) is 9.18. The Hall–Kier alpha value is -0.0831. The van der Waals surface area contributed by atoms with Crippen LogP contribution in [0.4, 0.5) is 0 Å². The zero-order valence-corrected chi connectivity index (χ0v) is 16.8. The number of thioether (sulfide) groups is 1. The molecule has 7 heteroatoms. The van der Waals surface area contributed by atoms with E-state index in [-0.39, 0.29) is 11.8 Å². The number of hydrogen-bond acceptors (Lipinski definition) is 5. The molecule has 0 aliphatic heterocycles. The molecule has 0 saturated carbocycles. The van der Waals surface area contributed by atoms with Crippen molar-refractivity contribution in [1.82, 2.24) is 4.90 Å². The van der Waals surface area contributed by atoms with Crippen molar-refractivity contribution in [2.45, 2.75) is 40.2 Å². The van der Waals surface area contributed by atoms with Crippen LogP contribution < -0.4 is 0 Å². The summed E-state index contributed by atoms with van der Waals surface area (Å²) in [5.74, 6) is 2.10. The van der Waals surface area contributed by atoms with Crippen LogP contribution in [0.3, 0.4) is 0 Å². The van der Waals surface area contributed by atoms with Crippen LogP contribution in [0.15, 0.2) is 0 Å². The van der Waals surface area contributed by atoms with Crippen molar-refractivity contribution in [1.29, 1.82) is 0 Å². The first-order valence-electron chi connectivity index (χ1n) is 8.13. The van der Waals surface area contributed by atoms with Crippen LogP contribution in [0, 0.1) is 5.92 Å². The molecule has 0 aromatic heterocycles. The fourth-order valence-electron chi connectivity index (χ4n) is 2.16. The van der Waals surface area contributed by atoms with Gasteiger partial charge in [-0.3, -0.25) is 4.79 Å². The lowest BCUT2D eigenvalue weighted by molar-refractivity contribution is -0.131. The molecule has 0 heterocycles. The maximum absolute atomic E-state index is 11.8. The van der Waals surface area contributed by atoms with E-state index < -0.39 is 8.80 Å². The number of amides is 1. The van der Waals surface area contributed by atoms with Crippen molar-refractivity contribution in [3.8, 4) is 0 Å². The second-order valence-electron chi connectivity index (χ2n) is 5.29. The van der Waals surface area contributed by atoms with E-state index in [9.17, 15) is 4.79 Å². The third-order valence-electron chi connectivity index (χ3n) is 3.09. The summed E-state index contributed by atoms with van der Waals surface area (Å²) in [6, 6.07) is 0.839. The molecule has 1 amide bonds. The molecule has 0 N–H and O–H groups in total. The predicted molar refractivity (Wildman–Crippen MR) is 95.2 cm³/mol. The maximum Gasteiger partial charge on any atom is 0.500 e. The van der Waals surface area contributed by atoms with E-state index in [1.54, 1.807) is 19.0 Å². The molecule has 0 fully saturated rings. The molecule has 132 valence electrons. The molecule has 0 radical (unpaired) electrons. The van der Waals surface area contributed by atoms with Crippen LogP contribution in [-0.2, 0) is 18.1 Å². The Labute approximate surface area is 141 Å². The summed E-state index contributed by atoms with van der Waals surface area (Å²) in [5, 5.41) is 0. The second kappa shape index (κ2) is 12.4. The van der Waals surface area contributed by atoms with E-state index >= 15 is 0 Å². The van der Waals surface area contributed by atoms with Gasteiger partial charge in [0.15, 0.2) is 0 Å². The Morgan fingerprint density at radius 3 is 2.00 bits per heavy atom. The number of rotatable bonds is 13. The third-order valence-corrected chi connectivity index (χ3v) is 7.56. The lowest BCUT2D eigenvalue weighted by Crippen LogP contribution is -2.46. The van der Waals surface area contributed by atoms with Crippen molar-refractivity contribution in [2.24, 2.45) is 5.92 Å². The Morgan fingerprint density at radius 1 is 1.09 bits per heavy atom. The average molecular weight is 352 g/mol. The van der Waals surface area contributed by atoms with Gasteiger partial charge >= 0.3 is 8.80 Å². The van der Waals surface area contributed by atoms with Gasteiger partial charge in [0.1, 0.15) is 0 Å². The minimum absolute atomic E-state index is 0.0627. The Morgan fingerprint density at radius 2 is 1.59 bits per heavy atom. The Balaban J connectivity index is 4.14. The molecule has 0 aromatic rings. The summed E-state index contributed by atoms with van der Waals surface area (Å²) < 4.78 is 17.5. The van der Waals surface area contributed by atoms with Gasteiger partial charge in [-0.1, -0.05) is 6.92 Å². The molecule has 1 unspecified atom stereocenters. The first-order valence-corrected chi connectivity index (χ1v) is 11.2. The molecule has 0 bridgehead atoms. The van der Waals surface area contributed by atoms with Crippen molar-refractivity contribution in [3.05, 3.63) is 0 Å². The first kappa shape index (κ1) is 21.9. The van der Waals surface area contributed by atoms with E-state index in [0.29, 0.717) is 19.8 Å². The summed E-state index contributed by atoms with van der Waals surface area (Å²) >= 11 is 1.81. The number of hydrogen-bond donors (Lipinski definition) is 0. The molecular formula is C15H33NO4SSi. The van der Waals surface area contributed by atoms with Gasteiger partial charge in [-0.05, 0) is 32.9 Å². The maximum atomic E-state index is 11.8. The smallest absolute Gasteiger partial charge is 0.374 e. The van der Waals surface area contributed by atoms with Gasteiger partial charge in [0, 0.05) is 51.6 Å². The molecule has 0 aromatic carbocycles. The Bertz CT molecular complexity index is 288. The van der Waals surface area contributed by atoms with Gasteiger partial charge < -0.3 is 18.2 Å². The quantitative estimate of drug-likeness (QED) is 0.377. The van der Waals surface area contributed by atoms with E-state index in [1.807, 2.05) is 39.5 Å². The number of nitrogens with zero attached hydrogens (tertiary/aromatic N) is 1. The molecule has 0 rings (SSSR count). The fraction of sp³-hybridized carbons (Fsp3) is 0.933. The fourth-order valence-corrected chi connectivity index (χ4v) is 6.04. The highest BCUT2D eigenvalue weighted by Gasteiger charge is 2.39. The minimum Gasteiger partial charge on any atom is -0.374 e. The topological polar surface area (TPSA) is 48.0 Å². The molecule has 0 aliphatic rings. The monoisotopic (exact) mass is 351 g/mol. The highest BCUT2D eigenvalue weighted by Crippen LogP contribution is 2.21. The zero-order chi connectivity index (χ0) is 17.0. The minimum atomic E-state index is -2.50. The van der Waals surface area contributed by atoms with Gasteiger partial charge in [0.25, 0.3) is 0 Å². The van der Waals surface area contributed by atoms with Crippen molar-refractivity contribution in [3.63, 3.8) is 0 Å². The third kappa shape index (κ3) is 8.52. The normalized spacial score (nSPS) is 13.2. The molecule has 0 spiro atoms. The van der Waals surface area contributed by atoms with E-state index in [4.69, 9.17) is 13.3 Å². The van der Waals surface area contributed by atoms with Crippen molar-refractivity contribution >= 4 is 26.5 Å². The van der Waals surface area contributed by atoms with E-state index in [2.05, 4.69) is 0 Å². The summed E-state index contributed by atoms with van der Waals surface area (Å²) in [6.45, 7) is 9.76. The van der Waals surface area contributed by atoms with Crippen molar-refractivity contribution < 1.29 is 18.1 Å². The largest absolute Gasteiger partial charge is 0.500 e. The molecule has 0 aliphatic carbocycles. The van der Waals surface area contributed by atoms with Gasteiger partial charge in [0.05, 0.1) is 0 Å². The van der Waals surface area contributed by atoms with Crippen LogP contribution in [0.2, 0.25) is 6.04 Å².